The molecule has 17 atom stereocenters. The van der Waals surface area contributed by atoms with Crippen molar-refractivity contribution in [3.05, 3.63) is 11.6 Å². The summed E-state index contributed by atoms with van der Waals surface area (Å²) >= 11 is 0. The quantitative estimate of drug-likeness (QED) is 0.177. The summed E-state index contributed by atoms with van der Waals surface area (Å²) in [6.45, 7) is 12.7. The van der Waals surface area contributed by atoms with Crippen LogP contribution >= 0.6 is 0 Å². The Kier molecular flexibility index (Phi) is 8.66. The first-order valence-corrected chi connectivity index (χ1v) is 17.7. The van der Waals surface area contributed by atoms with Gasteiger partial charge in [0.25, 0.3) is 0 Å². The highest BCUT2D eigenvalue weighted by Crippen LogP contribution is 2.75. The number of aliphatic hydroxyl groups excluding tert-OH is 7. The van der Waals surface area contributed by atoms with Gasteiger partial charge in [0.15, 0.2) is 0 Å². The zero-order valence-electron chi connectivity index (χ0n) is 28.4. The zero-order chi connectivity index (χ0) is 33.8. The fourth-order valence-electron chi connectivity index (χ4n) is 12.4. The molecule has 5 fully saturated rings. The van der Waals surface area contributed by atoms with Gasteiger partial charge in [-0.2, -0.15) is 0 Å². The third-order valence-electron chi connectivity index (χ3n) is 15.6. The molecule has 2 unspecified atom stereocenters. The molecule has 7 N–H and O–H groups in total. The molecule has 0 aromatic heterocycles. The Balaban J connectivity index is 1.37. The lowest BCUT2D eigenvalue weighted by molar-refractivity contribution is -0.297. The van der Waals surface area contributed by atoms with Crippen molar-refractivity contribution in [2.45, 2.75) is 136 Å². The maximum absolute atomic E-state index is 14.4. The van der Waals surface area contributed by atoms with E-state index in [1.54, 1.807) is 0 Å². The lowest BCUT2D eigenvalue weighted by Crippen LogP contribution is -2.68. The van der Waals surface area contributed by atoms with Crippen molar-refractivity contribution in [3.8, 4) is 0 Å². The van der Waals surface area contributed by atoms with Crippen LogP contribution in [0, 0.1) is 56.7 Å². The van der Waals surface area contributed by atoms with Gasteiger partial charge in [0.1, 0.15) is 24.4 Å². The van der Waals surface area contributed by atoms with Crippen molar-refractivity contribution in [2.75, 3.05) is 13.2 Å². The van der Waals surface area contributed by atoms with Crippen LogP contribution in [0.5, 0.6) is 0 Å². The maximum atomic E-state index is 14.4. The molecule has 10 nitrogen and oxygen atoms in total. The fraction of sp³-hybridized carbons (Fsp3) is 0.917. The zero-order valence-corrected chi connectivity index (χ0v) is 28.4. The van der Waals surface area contributed by atoms with E-state index in [0.29, 0.717) is 25.2 Å². The molecule has 0 amide bonds. The summed E-state index contributed by atoms with van der Waals surface area (Å²) in [6.07, 6.45) is -1.11. The fourth-order valence-corrected chi connectivity index (χ4v) is 12.4. The van der Waals surface area contributed by atoms with E-state index in [0.717, 1.165) is 32.1 Å². The number of allylic oxidation sites excluding steroid dienone is 2. The van der Waals surface area contributed by atoms with Gasteiger partial charge >= 0.3 is 5.97 Å². The molecule has 0 aromatic rings. The first-order valence-electron chi connectivity index (χ1n) is 17.7. The molecule has 0 spiro atoms. The second-order valence-corrected chi connectivity index (χ2v) is 17.3. The van der Waals surface area contributed by atoms with Crippen molar-refractivity contribution in [2.24, 2.45) is 56.7 Å². The van der Waals surface area contributed by atoms with Crippen LogP contribution in [-0.2, 0) is 14.3 Å². The topological polar surface area (TPSA) is 177 Å². The average Bonchev–Trinajstić information content (AvgIpc) is 3.02. The third-order valence-corrected chi connectivity index (χ3v) is 15.6. The highest BCUT2D eigenvalue weighted by Gasteiger charge is 2.71. The number of aliphatic hydroxyl groups is 7. The molecule has 1 aliphatic heterocycles. The van der Waals surface area contributed by atoms with Gasteiger partial charge in [0.2, 0.25) is 6.29 Å². The Morgan fingerprint density at radius 1 is 0.913 bits per heavy atom. The molecule has 262 valence electrons. The number of hydrogen-bond acceptors (Lipinski definition) is 10. The first-order chi connectivity index (χ1) is 21.5. The predicted molar refractivity (Wildman–Crippen MR) is 168 cm³/mol. The summed E-state index contributed by atoms with van der Waals surface area (Å²) in [6, 6.07) is 0. The number of ether oxygens (including phenoxy) is 2. The van der Waals surface area contributed by atoms with Gasteiger partial charge in [-0.25, -0.2) is 0 Å². The van der Waals surface area contributed by atoms with Crippen LogP contribution in [0.4, 0.5) is 0 Å². The lowest BCUT2D eigenvalue weighted by atomic mass is 9.33. The number of rotatable bonds is 4. The van der Waals surface area contributed by atoms with Gasteiger partial charge < -0.3 is 45.2 Å². The highest BCUT2D eigenvalue weighted by molar-refractivity contribution is 5.79. The van der Waals surface area contributed by atoms with Crippen LogP contribution in [0.2, 0.25) is 0 Å². The summed E-state index contributed by atoms with van der Waals surface area (Å²) in [5.74, 6) is 0.265. The van der Waals surface area contributed by atoms with E-state index in [4.69, 9.17) is 9.47 Å². The molecule has 1 saturated heterocycles. The van der Waals surface area contributed by atoms with Gasteiger partial charge in [-0.1, -0.05) is 53.2 Å². The molecule has 10 heteroatoms. The smallest absolute Gasteiger partial charge is 0.315 e. The van der Waals surface area contributed by atoms with Gasteiger partial charge in [-0.15, -0.1) is 0 Å². The SMILES string of the molecule is C[C@H]1[C@H](C)CC[C@]2(C(=O)O[C@@H]3O[C@H](CO)[C@@H](O)[C@H](O)[C@H]3O)CC[C@]3(C)C(=CC[C@@H]4[C@@]5(C)C[C@@H](O)[C@@H](O)C(C)(CO)C5CC[C@]43C)[C@H]12. The highest BCUT2D eigenvalue weighted by atomic mass is 16.7. The minimum atomic E-state index is -1.65. The second kappa shape index (κ2) is 11.5. The van der Waals surface area contributed by atoms with Crippen molar-refractivity contribution >= 4 is 5.97 Å². The van der Waals surface area contributed by atoms with E-state index in [9.17, 15) is 40.5 Å². The van der Waals surface area contributed by atoms with Crippen LogP contribution < -0.4 is 0 Å². The Hall–Kier alpha value is -1.11. The first kappa shape index (κ1) is 34.7. The van der Waals surface area contributed by atoms with E-state index >= 15 is 0 Å². The van der Waals surface area contributed by atoms with Gasteiger partial charge in [-0.05, 0) is 97.2 Å². The van der Waals surface area contributed by atoms with Crippen LogP contribution in [0.3, 0.4) is 0 Å². The normalized spacial score (nSPS) is 56.8. The van der Waals surface area contributed by atoms with E-state index < -0.39 is 66.3 Å². The van der Waals surface area contributed by atoms with Crippen molar-refractivity contribution < 1.29 is 50.0 Å². The number of hydrogen-bond donors (Lipinski definition) is 7. The van der Waals surface area contributed by atoms with Gasteiger partial charge in [0.05, 0.1) is 30.8 Å². The molecule has 0 radical (unpaired) electrons. The van der Waals surface area contributed by atoms with E-state index in [1.165, 1.54) is 5.57 Å². The van der Waals surface area contributed by atoms with E-state index in [2.05, 4.69) is 40.7 Å². The molecule has 0 bridgehead atoms. The molecule has 5 aliphatic carbocycles. The van der Waals surface area contributed by atoms with Gasteiger partial charge in [-0.3, -0.25) is 4.79 Å². The largest absolute Gasteiger partial charge is 0.432 e. The van der Waals surface area contributed by atoms with Crippen LogP contribution in [0.25, 0.3) is 0 Å². The summed E-state index contributed by atoms with van der Waals surface area (Å²) in [5.41, 5.74) is -1.01. The molecular weight excluding hydrogens is 592 g/mol. The average molecular weight is 651 g/mol. The molecule has 6 rings (SSSR count). The third kappa shape index (κ3) is 4.46. The minimum Gasteiger partial charge on any atom is -0.432 e. The molecule has 1 heterocycles. The lowest BCUT2D eigenvalue weighted by Gasteiger charge is -2.71. The molecule has 6 aliphatic rings. The summed E-state index contributed by atoms with van der Waals surface area (Å²) in [7, 11) is 0. The maximum Gasteiger partial charge on any atom is 0.315 e. The Morgan fingerprint density at radius 3 is 2.26 bits per heavy atom. The Bertz CT molecular complexity index is 1220. The predicted octanol–water partition coefficient (Wildman–Crippen LogP) is 2.29. The number of carbonyl (C=O) groups is 1. The standard InChI is InChI=1S/C36H58O10/c1-18-9-12-36(31(44)46-30-28(42)27(41)26(40)22(16-37)45-30)14-13-34(5)20(25(36)19(18)2)7-8-24-32(3)15-21(39)29(43)33(4,17-38)23(32)10-11-35(24,34)6/h7,18-19,21-30,37-43H,8-17H2,1-6H3/t18-,19+,21-,22-,23?,24-,25+,26-,27+,28-,29-,30+,32+,33?,34-,35-,36+/m1/s1. The molecule has 4 saturated carbocycles. The summed E-state index contributed by atoms with van der Waals surface area (Å²) < 4.78 is 11.5. The van der Waals surface area contributed by atoms with Crippen LogP contribution in [0.1, 0.15) is 92.9 Å². The van der Waals surface area contributed by atoms with Gasteiger partial charge in [0, 0.05) is 5.41 Å². The molecular formula is C36H58O10. The Labute approximate surface area is 273 Å². The number of fused-ring (bicyclic) bond motifs is 7. The van der Waals surface area contributed by atoms with Crippen molar-refractivity contribution in [1.82, 2.24) is 0 Å². The van der Waals surface area contributed by atoms with Crippen LogP contribution in [0.15, 0.2) is 11.6 Å². The van der Waals surface area contributed by atoms with Crippen molar-refractivity contribution in [3.63, 3.8) is 0 Å². The minimum absolute atomic E-state index is 0.0600. The second-order valence-electron chi connectivity index (χ2n) is 17.3. The summed E-state index contributed by atoms with van der Waals surface area (Å²) in [5, 5.41) is 73.8. The summed E-state index contributed by atoms with van der Waals surface area (Å²) in [4.78, 5) is 14.4. The Morgan fingerprint density at radius 2 is 1.61 bits per heavy atom. The number of carbonyl (C=O) groups excluding carboxylic acids is 1. The van der Waals surface area contributed by atoms with Crippen molar-refractivity contribution in [1.29, 1.82) is 0 Å². The van der Waals surface area contributed by atoms with E-state index in [-0.39, 0.29) is 46.5 Å². The monoisotopic (exact) mass is 650 g/mol. The molecule has 46 heavy (non-hydrogen) atoms. The number of esters is 1. The van der Waals surface area contributed by atoms with Crippen LogP contribution in [-0.4, -0.2) is 97.8 Å². The van der Waals surface area contributed by atoms with E-state index in [1.807, 2.05) is 6.92 Å². The molecule has 0 aromatic carbocycles.